The number of rotatable bonds is 7. The maximum absolute atomic E-state index is 3.57. The monoisotopic (exact) mass is 301 g/mol. The maximum atomic E-state index is 3.57. The molecule has 90 valence electrons. The average Bonchev–Trinajstić information content (AvgIpc) is 3.01. The molecule has 1 fully saturated rings. The first-order valence-corrected chi connectivity index (χ1v) is 7.85. The van der Waals surface area contributed by atoms with E-state index in [0.717, 1.165) is 6.04 Å². The molecule has 1 nitrogen and oxygen atoms in total. The highest BCUT2D eigenvalue weighted by Crippen LogP contribution is 2.27. The summed E-state index contributed by atoms with van der Waals surface area (Å²) in [7, 11) is 0. The highest BCUT2D eigenvalue weighted by Gasteiger charge is 2.19. The number of hydrogen-bond donors (Lipinski definition) is 1. The van der Waals surface area contributed by atoms with Gasteiger partial charge in [0.2, 0.25) is 0 Å². The van der Waals surface area contributed by atoms with Gasteiger partial charge in [0.25, 0.3) is 0 Å². The summed E-state index contributed by atoms with van der Waals surface area (Å²) in [5.41, 5.74) is 0. The third-order valence-corrected chi connectivity index (χ3v) is 5.21. The number of hydrogen-bond acceptors (Lipinski definition) is 2. The topological polar surface area (TPSA) is 12.0 Å². The van der Waals surface area contributed by atoms with Crippen molar-refractivity contribution in [1.29, 1.82) is 0 Å². The predicted molar refractivity (Wildman–Crippen MR) is 75.3 cm³/mol. The zero-order valence-corrected chi connectivity index (χ0v) is 12.3. The molecule has 16 heavy (non-hydrogen) atoms. The molecule has 0 unspecified atom stereocenters. The van der Waals surface area contributed by atoms with Gasteiger partial charge in [-0.2, -0.15) is 0 Å². The van der Waals surface area contributed by atoms with E-state index in [0.29, 0.717) is 0 Å². The average molecular weight is 302 g/mol. The van der Waals surface area contributed by atoms with Crippen molar-refractivity contribution in [3.8, 4) is 0 Å². The van der Waals surface area contributed by atoms with Crippen LogP contribution in [0.3, 0.4) is 0 Å². The van der Waals surface area contributed by atoms with Gasteiger partial charge in [0.1, 0.15) is 0 Å². The Labute approximate surface area is 111 Å². The van der Waals surface area contributed by atoms with Crippen LogP contribution in [-0.2, 0) is 6.42 Å². The maximum Gasteiger partial charge on any atom is 0.0314 e. The summed E-state index contributed by atoms with van der Waals surface area (Å²) in [5, 5.41) is 3.56. The van der Waals surface area contributed by atoms with Gasteiger partial charge in [-0.25, -0.2) is 0 Å². The second-order valence-electron chi connectivity index (χ2n) is 4.66. The Hall–Kier alpha value is 0.140. The molecular weight excluding hydrogens is 282 g/mol. The first-order valence-electron chi connectivity index (χ1n) is 6.24. The predicted octanol–water partition coefficient (Wildman–Crippen LogP) is 4.28. The van der Waals surface area contributed by atoms with E-state index in [4.69, 9.17) is 0 Å². The third-order valence-electron chi connectivity index (χ3n) is 3.02. The number of halogens is 1. The molecule has 0 atom stereocenters. The summed E-state index contributed by atoms with van der Waals surface area (Å²) in [5.74, 6) is 0. The molecule has 3 heteroatoms. The van der Waals surface area contributed by atoms with Gasteiger partial charge in [-0.05, 0) is 67.6 Å². The third kappa shape index (κ3) is 4.19. The number of aryl methyl sites for hydroxylation is 2. The molecule has 1 aliphatic rings. The Kier molecular flexibility index (Phi) is 4.86. The quantitative estimate of drug-likeness (QED) is 0.741. The van der Waals surface area contributed by atoms with Crippen LogP contribution in [0.2, 0.25) is 0 Å². The van der Waals surface area contributed by atoms with Crippen molar-refractivity contribution in [3.05, 3.63) is 20.3 Å². The van der Waals surface area contributed by atoms with E-state index in [9.17, 15) is 0 Å². The highest BCUT2D eigenvalue weighted by molar-refractivity contribution is 9.10. The number of unbranched alkanes of at least 4 members (excludes halogenated alkanes) is 2. The molecule has 1 heterocycles. The minimum absolute atomic E-state index is 0.871. The molecule has 1 aromatic rings. The fourth-order valence-corrected chi connectivity index (χ4v) is 3.48. The number of thiophene rings is 1. The summed E-state index contributed by atoms with van der Waals surface area (Å²) >= 11 is 5.50. The molecule has 2 rings (SSSR count). The number of nitrogens with one attached hydrogen (secondary N) is 1. The van der Waals surface area contributed by atoms with E-state index in [1.165, 1.54) is 59.3 Å². The fraction of sp³-hybridized carbons (Fsp3) is 0.692. The molecule has 1 N–H and O–H groups in total. The second-order valence-corrected chi connectivity index (χ2v) is 6.85. The minimum atomic E-state index is 0.871. The zero-order chi connectivity index (χ0) is 11.4. The SMILES string of the molecule is Cc1sc(CCCCCNC2CC2)cc1Br. The van der Waals surface area contributed by atoms with Crippen LogP contribution >= 0.6 is 27.3 Å². The van der Waals surface area contributed by atoms with Crippen LogP contribution < -0.4 is 5.32 Å². The lowest BCUT2D eigenvalue weighted by Crippen LogP contribution is -2.17. The molecule has 0 saturated heterocycles. The molecule has 1 aliphatic carbocycles. The first-order chi connectivity index (χ1) is 7.75. The summed E-state index contributed by atoms with van der Waals surface area (Å²) in [6, 6.07) is 3.15. The van der Waals surface area contributed by atoms with Crippen molar-refractivity contribution in [2.24, 2.45) is 0 Å². The van der Waals surface area contributed by atoms with Gasteiger partial charge in [-0.15, -0.1) is 11.3 Å². The fourth-order valence-electron chi connectivity index (χ4n) is 1.84. The van der Waals surface area contributed by atoms with E-state index in [-0.39, 0.29) is 0 Å². The zero-order valence-electron chi connectivity index (χ0n) is 9.89. The lowest BCUT2D eigenvalue weighted by atomic mass is 10.2. The lowest BCUT2D eigenvalue weighted by molar-refractivity contribution is 0.601. The van der Waals surface area contributed by atoms with E-state index >= 15 is 0 Å². The van der Waals surface area contributed by atoms with Crippen LogP contribution in [-0.4, -0.2) is 12.6 Å². The summed E-state index contributed by atoms with van der Waals surface area (Å²) in [6.45, 7) is 3.40. The molecule has 0 aromatic carbocycles. The molecule has 1 aromatic heterocycles. The molecule has 0 spiro atoms. The van der Waals surface area contributed by atoms with Crippen LogP contribution in [0.4, 0.5) is 0 Å². The van der Waals surface area contributed by atoms with E-state index in [1.807, 2.05) is 11.3 Å². The van der Waals surface area contributed by atoms with Crippen molar-refractivity contribution in [2.45, 2.75) is 51.5 Å². The Bertz CT molecular complexity index is 311. The molecule has 0 amide bonds. The van der Waals surface area contributed by atoms with Crippen molar-refractivity contribution in [3.63, 3.8) is 0 Å². The van der Waals surface area contributed by atoms with Crippen LogP contribution in [0.5, 0.6) is 0 Å². The van der Waals surface area contributed by atoms with Crippen molar-refractivity contribution < 1.29 is 0 Å². The Morgan fingerprint density at radius 3 is 2.81 bits per heavy atom. The van der Waals surface area contributed by atoms with Crippen molar-refractivity contribution >= 4 is 27.3 Å². The summed E-state index contributed by atoms with van der Waals surface area (Å²) in [4.78, 5) is 2.94. The Morgan fingerprint density at radius 1 is 1.38 bits per heavy atom. The Balaban J connectivity index is 1.53. The molecule has 1 saturated carbocycles. The van der Waals surface area contributed by atoms with Gasteiger partial charge < -0.3 is 5.32 Å². The lowest BCUT2D eigenvalue weighted by Gasteiger charge is -2.01. The first kappa shape index (κ1) is 12.6. The van der Waals surface area contributed by atoms with Crippen molar-refractivity contribution in [1.82, 2.24) is 5.32 Å². The van der Waals surface area contributed by atoms with Gasteiger partial charge >= 0.3 is 0 Å². The molecule has 0 aliphatic heterocycles. The van der Waals surface area contributed by atoms with Gasteiger partial charge in [-0.1, -0.05) is 6.42 Å². The van der Waals surface area contributed by atoms with Crippen LogP contribution in [0.25, 0.3) is 0 Å². The van der Waals surface area contributed by atoms with Crippen LogP contribution in [0.1, 0.15) is 41.9 Å². The van der Waals surface area contributed by atoms with Gasteiger partial charge in [0.05, 0.1) is 0 Å². The van der Waals surface area contributed by atoms with Crippen LogP contribution in [0.15, 0.2) is 10.5 Å². The summed E-state index contributed by atoms with van der Waals surface area (Å²) < 4.78 is 1.28. The highest BCUT2D eigenvalue weighted by atomic mass is 79.9. The second kappa shape index (κ2) is 6.18. The van der Waals surface area contributed by atoms with Gasteiger partial charge in [0, 0.05) is 20.3 Å². The normalized spacial score (nSPS) is 15.6. The largest absolute Gasteiger partial charge is 0.314 e. The van der Waals surface area contributed by atoms with Crippen LogP contribution in [0, 0.1) is 6.92 Å². The minimum Gasteiger partial charge on any atom is -0.314 e. The molecule has 0 bridgehead atoms. The van der Waals surface area contributed by atoms with Gasteiger partial charge in [-0.3, -0.25) is 0 Å². The van der Waals surface area contributed by atoms with E-state index in [2.05, 4.69) is 34.2 Å². The smallest absolute Gasteiger partial charge is 0.0314 e. The molecular formula is C13H20BrNS. The van der Waals surface area contributed by atoms with E-state index < -0.39 is 0 Å². The standard InChI is InChI=1S/C13H20BrNS/c1-10-13(14)9-12(16-10)5-3-2-4-8-15-11-6-7-11/h9,11,15H,2-8H2,1H3. The Morgan fingerprint density at radius 2 is 2.19 bits per heavy atom. The van der Waals surface area contributed by atoms with E-state index in [1.54, 1.807) is 0 Å². The molecule has 0 radical (unpaired) electrons. The van der Waals surface area contributed by atoms with Gasteiger partial charge in [0.15, 0.2) is 0 Å². The summed E-state index contributed by atoms with van der Waals surface area (Å²) in [6.07, 6.45) is 8.08. The van der Waals surface area contributed by atoms with Crippen molar-refractivity contribution in [2.75, 3.05) is 6.54 Å².